The van der Waals surface area contributed by atoms with E-state index in [4.69, 9.17) is 9.26 Å². The molecule has 3 aromatic carbocycles. The monoisotopic (exact) mass is 567 g/mol. The number of anilines is 1. The molecule has 0 aliphatic carbocycles. The van der Waals surface area contributed by atoms with E-state index in [1.807, 2.05) is 30.3 Å². The van der Waals surface area contributed by atoms with Crippen molar-refractivity contribution in [1.29, 1.82) is 0 Å². The molecule has 0 saturated carbocycles. The van der Waals surface area contributed by atoms with E-state index in [0.29, 0.717) is 28.3 Å². The second kappa shape index (κ2) is 12.7. The molecule has 41 heavy (non-hydrogen) atoms. The fourth-order valence-corrected chi connectivity index (χ4v) is 4.13. The van der Waals surface area contributed by atoms with E-state index in [9.17, 15) is 27.9 Å². The largest absolute Gasteiger partial charge is 0.480 e. The van der Waals surface area contributed by atoms with Crippen LogP contribution < -0.4 is 10.6 Å². The van der Waals surface area contributed by atoms with Crippen molar-refractivity contribution < 1.29 is 37.1 Å². The Morgan fingerprint density at radius 1 is 0.976 bits per heavy atom. The first-order valence-corrected chi connectivity index (χ1v) is 12.7. The van der Waals surface area contributed by atoms with E-state index < -0.39 is 35.9 Å². The van der Waals surface area contributed by atoms with Crippen LogP contribution in [0.2, 0.25) is 0 Å². The first-order valence-electron chi connectivity index (χ1n) is 12.7. The normalized spacial score (nSPS) is 12.9. The van der Waals surface area contributed by atoms with E-state index in [1.165, 1.54) is 12.1 Å². The second-order valence-corrected chi connectivity index (χ2v) is 9.42. The molecule has 2 unspecified atom stereocenters. The summed E-state index contributed by atoms with van der Waals surface area (Å²) in [5.74, 6) is -0.792. The molecular weight excluding hydrogens is 539 g/mol. The van der Waals surface area contributed by atoms with E-state index in [1.54, 1.807) is 38.1 Å². The number of carbonyl (C=O) groups is 2. The summed E-state index contributed by atoms with van der Waals surface area (Å²) in [4.78, 5) is 24.3. The molecule has 8 nitrogen and oxygen atoms in total. The van der Waals surface area contributed by atoms with Gasteiger partial charge in [-0.25, -0.2) is 4.79 Å². The lowest BCUT2D eigenvalue weighted by atomic mass is 10.0. The Balaban J connectivity index is 1.37. The topological polar surface area (TPSA) is 114 Å². The molecule has 3 N–H and O–H groups in total. The average molecular weight is 568 g/mol. The van der Waals surface area contributed by atoms with E-state index >= 15 is 0 Å². The molecule has 0 saturated heterocycles. The maximum atomic E-state index is 12.8. The summed E-state index contributed by atoms with van der Waals surface area (Å²) in [6.45, 7) is 3.65. The number of alkyl halides is 3. The number of carbonyl (C=O) groups excluding carboxylic acids is 1. The van der Waals surface area contributed by atoms with Gasteiger partial charge in [0, 0.05) is 12.1 Å². The molecule has 0 aliphatic heterocycles. The van der Waals surface area contributed by atoms with Gasteiger partial charge in [0.15, 0.2) is 5.76 Å². The van der Waals surface area contributed by atoms with Crippen LogP contribution in [0.3, 0.4) is 0 Å². The van der Waals surface area contributed by atoms with Crippen molar-refractivity contribution in [2.24, 2.45) is 0 Å². The molecule has 1 amide bonds. The summed E-state index contributed by atoms with van der Waals surface area (Å²) in [5, 5.41) is 19.2. The second-order valence-electron chi connectivity index (χ2n) is 9.42. The highest BCUT2D eigenvalue weighted by atomic mass is 19.4. The summed E-state index contributed by atoms with van der Waals surface area (Å²) in [5.41, 5.74) is 2.73. The maximum Gasteiger partial charge on any atom is 0.416 e. The summed E-state index contributed by atoms with van der Waals surface area (Å²) >= 11 is 0. The van der Waals surface area contributed by atoms with Crippen molar-refractivity contribution in [3.05, 3.63) is 107 Å². The highest BCUT2D eigenvalue weighted by Crippen LogP contribution is 2.32. The third-order valence-corrected chi connectivity index (χ3v) is 6.43. The molecule has 1 heterocycles. The van der Waals surface area contributed by atoms with Crippen LogP contribution >= 0.6 is 0 Å². The van der Waals surface area contributed by atoms with Gasteiger partial charge in [-0.1, -0.05) is 71.9 Å². The Morgan fingerprint density at radius 3 is 2.22 bits per heavy atom. The van der Waals surface area contributed by atoms with Crippen LogP contribution in [0.4, 0.5) is 23.7 Å². The average Bonchev–Trinajstić information content (AvgIpc) is 3.30. The standard InChI is InChI=1S/C30H28F3N3O5/c1-18-26(35-29(39)40-19(2)22-6-4-3-5-7-22)27(41-36-18)23-12-8-21(9-13-23)17-34-25(28(37)38)16-20-10-14-24(15-11-20)30(31,32)33/h3-15,19,25,34H,16-17H2,1-2H3,(H,35,39)(H,37,38). The Labute approximate surface area is 234 Å². The number of carboxylic acids is 1. The first kappa shape index (κ1) is 29.3. The molecule has 0 radical (unpaired) electrons. The van der Waals surface area contributed by atoms with Crippen molar-refractivity contribution >= 4 is 17.7 Å². The van der Waals surface area contributed by atoms with Crippen molar-refractivity contribution in [1.82, 2.24) is 10.5 Å². The van der Waals surface area contributed by atoms with Gasteiger partial charge in [0.05, 0.1) is 5.56 Å². The minimum Gasteiger partial charge on any atom is -0.480 e. The number of carboxylic acid groups (broad SMARTS) is 1. The van der Waals surface area contributed by atoms with Gasteiger partial charge >= 0.3 is 18.2 Å². The zero-order chi connectivity index (χ0) is 29.6. The van der Waals surface area contributed by atoms with Crippen molar-refractivity contribution in [3.8, 4) is 11.3 Å². The minimum absolute atomic E-state index is 0.0108. The van der Waals surface area contributed by atoms with Gasteiger partial charge in [-0.2, -0.15) is 13.2 Å². The van der Waals surface area contributed by atoms with Crippen molar-refractivity contribution in [2.75, 3.05) is 5.32 Å². The quantitative estimate of drug-likeness (QED) is 0.194. The lowest BCUT2D eigenvalue weighted by Crippen LogP contribution is -2.38. The molecule has 4 rings (SSSR count). The number of rotatable bonds is 10. The van der Waals surface area contributed by atoms with Crippen LogP contribution in [0.25, 0.3) is 11.3 Å². The van der Waals surface area contributed by atoms with Gasteiger partial charge < -0.3 is 19.7 Å². The predicted octanol–water partition coefficient (Wildman–Crippen LogP) is 6.76. The molecule has 1 aromatic heterocycles. The highest BCUT2D eigenvalue weighted by molar-refractivity contribution is 5.90. The van der Waals surface area contributed by atoms with E-state index in [0.717, 1.165) is 23.3 Å². The molecule has 0 aliphatic rings. The van der Waals surface area contributed by atoms with Gasteiger partial charge in [0.1, 0.15) is 23.5 Å². The van der Waals surface area contributed by atoms with Crippen LogP contribution in [0.15, 0.2) is 83.4 Å². The number of nitrogens with one attached hydrogen (secondary N) is 2. The summed E-state index contributed by atoms with van der Waals surface area (Å²) < 4.78 is 49.3. The summed E-state index contributed by atoms with van der Waals surface area (Å²) in [6, 6.07) is 19.7. The molecule has 214 valence electrons. The molecule has 0 bridgehead atoms. The molecule has 2 atom stereocenters. The van der Waals surface area contributed by atoms with Crippen LogP contribution in [0, 0.1) is 6.92 Å². The smallest absolute Gasteiger partial charge is 0.416 e. The van der Waals surface area contributed by atoms with Crippen LogP contribution in [-0.2, 0) is 28.7 Å². The Hall–Kier alpha value is -4.64. The molecule has 11 heteroatoms. The van der Waals surface area contributed by atoms with Crippen molar-refractivity contribution in [2.45, 2.75) is 45.1 Å². The number of ether oxygens (including phenoxy) is 1. The Kier molecular flexibility index (Phi) is 9.08. The number of halogens is 3. The number of aryl methyl sites for hydroxylation is 1. The number of benzene rings is 3. The third-order valence-electron chi connectivity index (χ3n) is 6.43. The number of aliphatic carboxylic acids is 1. The molecule has 4 aromatic rings. The van der Waals surface area contributed by atoms with Gasteiger partial charge in [-0.05, 0) is 49.1 Å². The summed E-state index contributed by atoms with van der Waals surface area (Å²) in [7, 11) is 0. The first-order chi connectivity index (χ1) is 19.5. The Morgan fingerprint density at radius 2 is 1.61 bits per heavy atom. The van der Waals surface area contributed by atoms with Crippen LogP contribution in [-0.4, -0.2) is 28.4 Å². The number of aromatic nitrogens is 1. The fraction of sp³-hybridized carbons (Fsp3) is 0.233. The molecular formula is C30H28F3N3O5. The number of amides is 1. The number of hydrogen-bond acceptors (Lipinski definition) is 6. The molecule has 0 spiro atoms. The maximum absolute atomic E-state index is 12.8. The van der Waals surface area contributed by atoms with Crippen molar-refractivity contribution in [3.63, 3.8) is 0 Å². The van der Waals surface area contributed by atoms with Crippen LogP contribution in [0.5, 0.6) is 0 Å². The summed E-state index contributed by atoms with van der Waals surface area (Å²) in [6.07, 6.45) is -5.58. The predicted molar refractivity (Wildman–Crippen MR) is 145 cm³/mol. The van der Waals surface area contributed by atoms with Crippen LogP contribution in [0.1, 0.15) is 41.0 Å². The van der Waals surface area contributed by atoms with E-state index in [-0.39, 0.29) is 13.0 Å². The van der Waals surface area contributed by atoms with Gasteiger partial charge in [-0.3, -0.25) is 10.1 Å². The SMILES string of the molecule is Cc1noc(-c2ccc(CNC(Cc3ccc(C(F)(F)F)cc3)C(=O)O)cc2)c1NC(=O)OC(C)c1ccccc1. The zero-order valence-corrected chi connectivity index (χ0v) is 22.2. The molecule has 0 fully saturated rings. The number of hydrogen-bond donors (Lipinski definition) is 3. The lowest BCUT2D eigenvalue weighted by molar-refractivity contribution is -0.140. The van der Waals surface area contributed by atoms with Gasteiger partial charge in [-0.15, -0.1) is 0 Å². The van der Waals surface area contributed by atoms with Gasteiger partial charge in [0.2, 0.25) is 0 Å². The lowest BCUT2D eigenvalue weighted by Gasteiger charge is -2.16. The third kappa shape index (κ3) is 7.73. The highest BCUT2D eigenvalue weighted by Gasteiger charge is 2.30. The fourth-order valence-electron chi connectivity index (χ4n) is 4.13. The van der Waals surface area contributed by atoms with E-state index in [2.05, 4.69) is 15.8 Å². The van der Waals surface area contributed by atoms with Gasteiger partial charge in [0.25, 0.3) is 0 Å². The number of nitrogens with zero attached hydrogens (tertiary/aromatic N) is 1. The zero-order valence-electron chi connectivity index (χ0n) is 22.2. The minimum atomic E-state index is -4.46. The Bertz CT molecular complexity index is 1470.